The number of halogens is 1. The molecule has 18 heavy (non-hydrogen) atoms. The van der Waals surface area contributed by atoms with Crippen molar-refractivity contribution < 1.29 is 14.7 Å². The van der Waals surface area contributed by atoms with Crippen LogP contribution in [-0.2, 0) is 4.79 Å². The highest BCUT2D eigenvalue weighted by molar-refractivity contribution is 14.1. The van der Waals surface area contributed by atoms with Crippen molar-refractivity contribution in [2.24, 2.45) is 0 Å². The lowest BCUT2D eigenvalue weighted by atomic mass is 10.2. The van der Waals surface area contributed by atoms with Crippen molar-refractivity contribution in [3.05, 3.63) is 27.3 Å². The number of rotatable bonds is 4. The molecule has 1 aromatic carbocycles. The summed E-state index contributed by atoms with van der Waals surface area (Å²) in [5.41, 5.74) is 1.64. The molecule has 0 aromatic heterocycles. The van der Waals surface area contributed by atoms with Crippen LogP contribution in [0.1, 0.15) is 18.9 Å². The predicted molar refractivity (Wildman–Crippen MR) is 77.8 cm³/mol. The van der Waals surface area contributed by atoms with Gasteiger partial charge in [-0.3, -0.25) is 0 Å². The molecule has 0 spiro atoms. The van der Waals surface area contributed by atoms with Gasteiger partial charge in [0.15, 0.2) is 0 Å². The fourth-order valence-electron chi connectivity index (χ4n) is 1.40. The van der Waals surface area contributed by atoms with E-state index in [0.717, 1.165) is 9.13 Å². The number of benzene rings is 1. The number of carbonyl (C=O) groups is 2. The maximum atomic E-state index is 11.7. The summed E-state index contributed by atoms with van der Waals surface area (Å²) in [6.45, 7) is 3.60. The van der Waals surface area contributed by atoms with E-state index in [1.807, 2.05) is 19.1 Å². The van der Waals surface area contributed by atoms with Crippen molar-refractivity contribution in [1.29, 1.82) is 0 Å². The summed E-state index contributed by atoms with van der Waals surface area (Å²) in [5, 5.41) is 13.9. The van der Waals surface area contributed by atoms with Gasteiger partial charge in [0.25, 0.3) is 0 Å². The third-order valence-corrected chi connectivity index (χ3v) is 3.70. The molecule has 1 atom stereocenters. The minimum Gasteiger partial charge on any atom is -0.480 e. The zero-order valence-electron chi connectivity index (χ0n) is 10.2. The zero-order valence-corrected chi connectivity index (χ0v) is 12.3. The Labute approximate surface area is 119 Å². The maximum Gasteiger partial charge on any atom is 0.326 e. The van der Waals surface area contributed by atoms with Crippen molar-refractivity contribution in [3.63, 3.8) is 0 Å². The van der Waals surface area contributed by atoms with Gasteiger partial charge in [-0.1, -0.05) is 13.0 Å². The van der Waals surface area contributed by atoms with E-state index in [2.05, 4.69) is 33.2 Å². The van der Waals surface area contributed by atoms with E-state index < -0.39 is 18.0 Å². The second kappa shape index (κ2) is 6.58. The van der Waals surface area contributed by atoms with Crippen molar-refractivity contribution in [2.75, 3.05) is 5.32 Å². The maximum absolute atomic E-state index is 11.7. The normalized spacial score (nSPS) is 11.7. The van der Waals surface area contributed by atoms with E-state index in [4.69, 9.17) is 5.11 Å². The highest BCUT2D eigenvalue weighted by Crippen LogP contribution is 2.20. The number of anilines is 1. The summed E-state index contributed by atoms with van der Waals surface area (Å²) in [4.78, 5) is 22.5. The second-order valence-corrected chi connectivity index (χ2v) is 4.97. The highest BCUT2D eigenvalue weighted by Gasteiger charge is 2.17. The first kappa shape index (κ1) is 14.7. The summed E-state index contributed by atoms with van der Waals surface area (Å²) in [6.07, 6.45) is 0.341. The molecule has 0 heterocycles. The van der Waals surface area contributed by atoms with Crippen LogP contribution in [0.15, 0.2) is 18.2 Å². The van der Waals surface area contributed by atoms with Gasteiger partial charge in [-0.25, -0.2) is 9.59 Å². The van der Waals surface area contributed by atoms with E-state index in [1.165, 1.54) is 0 Å². The molecule has 2 amide bonds. The Hall–Kier alpha value is -1.31. The van der Waals surface area contributed by atoms with Crippen LogP contribution in [0.2, 0.25) is 0 Å². The lowest BCUT2D eigenvalue weighted by molar-refractivity contribution is -0.139. The van der Waals surface area contributed by atoms with Crippen LogP contribution in [0, 0.1) is 10.5 Å². The molecule has 0 saturated carbocycles. The smallest absolute Gasteiger partial charge is 0.326 e. The Balaban J connectivity index is 2.70. The zero-order chi connectivity index (χ0) is 13.7. The molecule has 0 radical (unpaired) electrons. The molecule has 5 nitrogen and oxygen atoms in total. The number of carbonyl (C=O) groups excluding carboxylic acids is 1. The largest absolute Gasteiger partial charge is 0.480 e. The minimum atomic E-state index is -1.04. The Bertz CT molecular complexity index is 463. The van der Waals surface area contributed by atoms with Gasteiger partial charge < -0.3 is 15.7 Å². The Kier molecular flexibility index (Phi) is 5.39. The number of urea groups is 1. The number of hydrogen-bond donors (Lipinski definition) is 3. The fourth-order valence-corrected chi connectivity index (χ4v) is 1.90. The van der Waals surface area contributed by atoms with Crippen LogP contribution in [0.4, 0.5) is 10.5 Å². The summed E-state index contributed by atoms with van der Waals surface area (Å²) < 4.78 is 1.04. The average molecular weight is 362 g/mol. The van der Waals surface area contributed by atoms with E-state index in [9.17, 15) is 9.59 Å². The number of carboxylic acid groups (broad SMARTS) is 1. The van der Waals surface area contributed by atoms with Gasteiger partial charge in [-0.05, 0) is 53.6 Å². The van der Waals surface area contributed by atoms with Gasteiger partial charge in [0.2, 0.25) is 0 Å². The van der Waals surface area contributed by atoms with E-state index in [0.29, 0.717) is 12.1 Å². The Morgan fingerprint density at radius 3 is 2.67 bits per heavy atom. The summed E-state index contributed by atoms with van der Waals surface area (Å²) in [5.74, 6) is -1.04. The number of aliphatic carboxylic acids is 1. The summed E-state index contributed by atoms with van der Waals surface area (Å²) >= 11 is 2.17. The van der Waals surface area contributed by atoms with Crippen LogP contribution in [0.5, 0.6) is 0 Å². The predicted octanol–water partition coefficient (Wildman–Crippen LogP) is 2.58. The van der Waals surface area contributed by atoms with Gasteiger partial charge in [0.1, 0.15) is 6.04 Å². The molecule has 6 heteroatoms. The minimum absolute atomic E-state index is 0.341. The van der Waals surface area contributed by atoms with Crippen molar-refractivity contribution in [2.45, 2.75) is 26.3 Å². The van der Waals surface area contributed by atoms with Gasteiger partial charge >= 0.3 is 12.0 Å². The van der Waals surface area contributed by atoms with Gasteiger partial charge in [-0.2, -0.15) is 0 Å². The summed E-state index contributed by atoms with van der Waals surface area (Å²) in [6, 6.07) is 4.17. The third-order valence-electron chi connectivity index (χ3n) is 2.53. The van der Waals surface area contributed by atoms with Crippen molar-refractivity contribution in [3.8, 4) is 0 Å². The molecule has 0 saturated heterocycles. The second-order valence-electron chi connectivity index (χ2n) is 3.81. The first-order valence-electron chi connectivity index (χ1n) is 5.51. The number of amides is 2. The molecule has 0 bridgehead atoms. The SMILES string of the molecule is CCC(NC(=O)Nc1cccc(I)c1C)C(=O)O. The van der Waals surface area contributed by atoms with Crippen molar-refractivity contribution in [1.82, 2.24) is 5.32 Å². The van der Waals surface area contributed by atoms with E-state index >= 15 is 0 Å². The number of nitrogens with one attached hydrogen (secondary N) is 2. The average Bonchev–Trinajstić information content (AvgIpc) is 2.31. The van der Waals surface area contributed by atoms with Gasteiger partial charge in [0.05, 0.1) is 0 Å². The molecule has 0 aliphatic rings. The molecule has 1 aromatic rings. The molecule has 0 fully saturated rings. The molecular weight excluding hydrogens is 347 g/mol. The Morgan fingerprint density at radius 1 is 1.44 bits per heavy atom. The van der Waals surface area contributed by atoms with E-state index in [1.54, 1.807) is 13.0 Å². The molecule has 0 aliphatic carbocycles. The topological polar surface area (TPSA) is 78.4 Å². The van der Waals surface area contributed by atoms with Gasteiger partial charge in [-0.15, -0.1) is 0 Å². The van der Waals surface area contributed by atoms with Crippen LogP contribution in [-0.4, -0.2) is 23.1 Å². The third kappa shape index (κ3) is 3.86. The first-order valence-corrected chi connectivity index (χ1v) is 6.59. The lowest BCUT2D eigenvalue weighted by Gasteiger charge is -2.14. The monoisotopic (exact) mass is 362 g/mol. The van der Waals surface area contributed by atoms with Crippen LogP contribution < -0.4 is 10.6 Å². The fraction of sp³-hybridized carbons (Fsp3) is 0.333. The van der Waals surface area contributed by atoms with E-state index in [-0.39, 0.29) is 0 Å². The number of carboxylic acids is 1. The molecule has 1 rings (SSSR count). The van der Waals surface area contributed by atoms with Crippen LogP contribution in [0.25, 0.3) is 0 Å². The van der Waals surface area contributed by atoms with Crippen LogP contribution >= 0.6 is 22.6 Å². The summed E-state index contributed by atoms with van der Waals surface area (Å²) in [7, 11) is 0. The quantitative estimate of drug-likeness (QED) is 0.721. The highest BCUT2D eigenvalue weighted by atomic mass is 127. The molecule has 3 N–H and O–H groups in total. The van der Waals surface area contributed by atoms with Crippen molar-refractivity contribution >= 4 is 40.3 Å². The van der Waals surface area contributed by atoms with Gasteiger partial charge in [0, 0.05) is 9.26 Å². The Morgan fingerprint density at radius 2 is 2.11 bits per heavy atom. The molecular formula is C12H15IN2O3. The van der Waals surface area contributed by atoms with Crippen LogP contribution in [0.3, 0.4) is 0 Å². The lowest BCUT2D eigenvalue weighted by Crippen LogP contribution is -2.42. The standard InChI is InChI=1S/C12H15IN2O3/c1-3-9(11(16)17)14-12(18)15-10-6-4-5-8(13)7(10)2/h4-6,9H,3H2,1-2H3,(H,16,17)(H2,14,15,18). The first-order chi connectivity index (χ1) is 8.45. The molecule has 0 aliphatic heterocycles. The molecule has 98 valence electrons. The molecule has 1 unspecified atom stereocenters. The number of hydrogen-bond acceptors (Lipinski definition) is 2.